The molecule has 11 heteroatoms. The van der Waals surface area contributed by atoms with Gasteiger partial charge in [0, 0.05) is 41.9 Å². The van der Waals surface area contributed by atoms with Gasteiger partial charge in [0.15, 0.2) is 5.11 Å². The van der Waals surface area contributed by atoms with Crippen molar-refractivity contribution in [3.05, 3.63) is 92.4 Å². The Hall–Kier alpha value is -2.26. The topological polar surface area (TPSA) is 59.6 Å². The Balaban J connectivity index is 1.45. The highest BCUT2D eigenvalue weighted by molar-refractivity contribution is 7.80. The second kappa shape index (κ2) is 12.3. The first-order valence-electron chi connectivity index (χ1n) is 11.1. The predicted molar refractivity (Wildman–Crippen MR) is 153 cm³/mol. The monoisotopic (exact) mass is 581 g/mol. The van der Waals surface area contributed by atoms with Crippen LogP contribution >= 0.6 is 58.6 Å². The molecule has 3 aromatic rings. The maximum Gasteiger partial charge on any atom is 0.260 e. The minimum absolute atomic E-state index is 0.226. The summed E-state index contributed by atoms with van der Waals surface area (Å²) < 4.78 is 0. The van der Waals surface area contributed by atoms with E-state index in [0.717, 1.165) is 5.69 Å². The molecule has 1 aliphatic rings. The molecule has 1 amide bonds. The third kappa shape index (κ3) is 6.54. The van der Waals surface area contributed by atoms with Crippen molar-refractivity contribution >= 4 is 81.0 Å². The molecule has 6 nitrogen and oxygen atoms in total. The molecule has 1 unspecified atom stereocenters. The van der Waals surface area contributed by atoms with Gasteiger partial charge >= 0.3 is 0 Å². The number of rotatable bonds is 5. The smallest absolute Gasteiger partial charge is 0.260 e. The van der Waals surface area contributed by atoms with Gasteiger partial charge in [0.2, 0.25) is 0 Å². The van der Waals surface area contributed by atoms with Gasteiger partial charge in [-0.15, -0.1) is 0 Å². The van der Waals surface area contributed by atoms with E-state index in [1.54, 1.807) is 30.3 Å². The normalized spacial score (nSPS) is 14.7. The average Bonchev–Trinajstić information content (AvgIpc) is 2.86. The molecule has 0 aromatic heterocycles. The van der Waals surface area contributed by atoms with Crippen molar-refractivity contribution < 1.29 is 4.79 Å². The van der Waals surface area contributed by atoms with Gasteiger partial charge in [-0.25, -0.2) is 0 Å². The van der Waals surface area contributed by atoms with E-state index in [4.69, 9.17) is 58.6 Å². The molecule has 188 valence electrons. The quantitative estimate of drug-likeness (QED) is 0.247. The lowest BCUT2D eigenvalue weighted by atomic mass is 10.0. The molecule has 3 aromatic carbocycles. The van der Waals surface area contributed by atoms with E-state index < -0.39 is 6.04 Å². The zero-order chi connectivity index (χ0) is 25.7. The van der Waals surface area contributed by atoms with Crippen LogP contribution < -0.4 is 21.1 Å². The van der Waals surface area contributed by atoms with Crippen molar-refractivity contribution in [1.29, 1.82) is 0 Å². The van der Waals surface area contributed by atoms with Crippen LogP contribution in [0.4, 0.5) is 11.4 Å². The summed E-state index contributed by atoms with van der Waals surface area (Å²) in [6, 6.07) is 19.4. The highest BCUT2D eigenvalue weighted by Gasteiger charge is 2.32. The number of anilines is 2. The fourth-order valence-corrected chi connectivity index (χ4v) is 5.09. The van der Waals surface area contributed by atoms with Gasteiger partial charge in [-0.3, -0.25) is 20.5 Å². The maximum atomic E-state index is 13.4. The van der Waals surface area contributed by atoms with Crippen LogP contribution in [0.1, 0.15) is 11.6 Å². The van der Waals surface area contributed by atoms with Crippen LogP contribution in [0.3, 0.4) is 0 Å². The summed E-state index contributed by atoms with van der Waals surface area (Å²) in [7, 11) is 0. The minimum atomic E-state index is -0.628. The van der Waals surface area contributed by atoms with Crippen LogP contribution in [0.25, 0.3) is 0 Å². The Morgan fingerprint density at radius 3 is 2.25 bits per heavy atom. The lowest BCUT2D eigenvalue weighted by Gasteiger charge is -2.40. The Morgan fingerprint density at radius 2 is 1.53 bits per heavy atom. The van der Waals surface area contributed by atoms with E-state index in [1.807, 2.05) is 36.4 Å². The number of hydrogen-bond acceptors (Lipinski definition) is 4. The van der Waals surface area contributed by atoms with Crippen LogP contribution in [0.15, 0.2) is 66.7 Å². The fraction of sp³-hybridized carbons (Fsp3) is 0.200. The predicted octanol–water partition coefficient (Wildman–Crippen LogP) is 6.18. The number of piperazine rings is 1. The van der Waals surface area contributed by atoms with Gasteiger partial charge < -0.3 is 10.2 Å². The number of thiocarbonyl (C=S) groups is 1. The number of halogens is 4. The van der Waals surface area contributed by atoms with E-state index in [-0.39, 0.29) is 11.0 Å². The highest BCUT2D eigenvalue weighted by atomic mass is 35.5. The van der Waals surface area contributed by atoms with E-state index in [9.17, 15) is 4.79 Å². The standard InChI is InChI=1S/C25H23Cl4N5OS/c26-16-5-3-6-17(15-16)30-25(36)32-31-24(35)23(18-7-1-2-8-19(18)27)34-13-11-33(12-14-34)21-10-4-9-20(28)22(21)29/h1-10,15,23H,11-14H2,(H,31,35)(H2,30,32,36). The third-order valence-electron chi connectivity index (χ3n) is 5.78. The lowest BCUT2D eigenvalue weighted by Crippen LogP contribution is -2.54. The largest absolute Gasteiger partial charge is 0.368 e. The van der Waals surface area contributed by atoms with Crippen LogP contribution in [-0.4, -0.2) is 42.1 Å². The van der Waals surface area contributed by atoms with Crippen LogP contribution in [0.2, 0.25) is 20.1 Å². The number of carbonyl (C=O) groups excluding carboxylic acids is 1. The molecular formula is C25H23Cl4N5OS. The summed E-state index contributed by atoms with van der Waals surface area (Å²) in [5, 5.41) is 5.34. The number of hydrogen-bond donors (Lipinski definition) is 3. The van der Waals surface area contributed by atoms with E-state index in [0.29, 0.717) is 57.5 Å². The SMILES string of the molecule is O=C(NNC(=S)Nc1cccc(Cl)c1)C(c1ccccc1Cl)N1CCN(c2cccc(Cl)c2Cl)CC1. The number of benzene rings is 3. The van der Waals surface area contributed by atoms with Crippen molar-refractivity contribution in [1.82, 2.24) is 15.8 Å². The minimum Gasteiger partial charge on any atom is -0.368 e. The molecule has 1 atom stereocenters. The number of nitrogens with one attached hydrogen (secondary N) is 3. The van der Waals surface area contributed by atoms with Gasteiger partial charge in [-0.2, -0.15) is 0 Å². The maximum absolute atomic E-state index is 13.4. The molecule has 3 N–H and O–H groups in total. The molecule has 0 aliphatic carbocycles. The summed E-state index contributed by atoms with van der Waals surface area (Å²) >= 11 is 30.5. The summed E-state index contributed by atoms with van der Waals surface area (Å²) in [6.45, 7) is 2.54. The van der Waals surface area contributed by atoms with Crippen molar-refractivity contribution in [3.8, 4) is 0 Å². The van der Waals surface area contributed by atoms with Gasteiger partial charge in [0.05, 0.1) is 15.7 Å². The number of amides is 1. The summed E-state index contributed by atoms with van der Waals surface area (Å²) in [5.41, 5.74) is 7.78. The van der Waals surface area contributed by atoms with Crippen LogP contribution in [-0.2, 0) is 4.79 Å². The van der Waals surface area contributed by atoms with Gasteiger partial charge in [0.25, 0.3) is 5.91 Å². The molecule has 1 saturated heterocycles. The fourth-order valence-electron chi connectivity index (χ4n) is 4.07. The summed E-state index contributed by atoms with van der Waals surface area (Å²) in [4.78, 5) is 17.7. The number of hydrazine groups is 1. The van der Waals surface area contributed by atoms with E-state index in [2.05, 4.69) is 26.0 Å². The molecule has 0 bridgehead atoms. The molecule has 1 fully saturated rings. The molecular weight excluding hydrogens is 560 g/mol. The summed E-state index contributed by atoms with van der Waals surface area (Å²) in [5.74, 6) is -0.285. The van der Waals surface area contributed by atoms with Crippen molar-refractivity contribution in [2.24, 2.45) is 0 Å². The number of carbonyl (C=O) groups is 1. The lowest BCUT2D eigenvalue weighted by molar-refractivity contribution is -0.127. The molecule has 36 heavy (non-hydrogen) atoms. The average molecular weight is 583 g/mol. The van der Waals surface area contributed by atoms with Gasteiger partial charge in [0.1, 0.15) is 6.04 Å². The molecule has 0 radical (unpaired) electrons. The molecule has 1 heterocycles. The zero-order valence-corrected chi connectivity index (χ0v) is 22.8. The second-order valence-corrected chi connectivity index (χ2v) is 10.1. The van der Waals surface area contributed by atoms with Gasteiger partial charge in [-0.05, 0) is 54.2 Å². The van der Waals surface area contributed by atoms with Crippen LogP contribution in [0.5, 0.6) is 0 Å². The van der Waals surface area contributed by atoms with Crippen molar-refractivity contribution in [3.63, 3.8) is 0 Å². The Kier molecular flexibility index (Phi) is 9.17. The Labute approximate surface area is 235 Å². The van der Waals surface area contributed by atoms with E-state index in [1.165, 1.54) is 0 Å². The van der Waals surface area contributed by atoms with Crippen LogP contribution in [0, 0.1) is 0 Å². The Morgan fingerprint density at radius 1 is 0.833 bits per heavy atom. The Bertz CT molecular complexity index is 1250. The van der Waals surface area contributed by atoms with Crippen molar-refractivity contribution in [2.45, 2.75) is 6.04 Å². The first kappa shape index (κ1) is 26.8. The number of nitrogens with zero attached hydrogens (tertiary/aromatic N) is 2. The van der Waals surface area contributed by atoms with Crippen molar-refractivity contribution in [2.75, 3.05) is 36.4 Å². The third-order valence-corrected chi connectivity index (χ3v) is 7.37. The zero-order valence-electron chi connectivity index (χ0n) is 19.0. The second-order valence-electron chi connectivity index (χ2n) is 8.10. The van der Waals surface area contributed by atoms with E-state index >= 15 is 0 Å². The molecule has 4 rings (SSSR count). The first-order chi connectivity index (χ1) is 17.3. The highest BCUT2D eigenvalue weighted by Crippen LogP contribution is 2.34. The summed E-state index contributed by atoms with van der Waals surface area (Å²) in [6.07, 6.45) is 0. The molecule has 0 saturated carbocycles. The first-order valence-corrected chi connectivity index (χ1v) is 13.1. The van der Waals surface area contributed by atoms with Gasteiger partial charge in [-0.1, -0.05) is 76.7 Å². The molecule has 1 aliphatic heterocycles. The molecule has 0 spiro atoms.